The Morgan fingerprint density at radius 1 is 1.21 bits per heavy atom. The topological polar surface area (TPSA) is 63.2 Å². The number of esters is 1. The smallest absolute Gasteiger partial charge is 0.306 e. The molecule has 4 rings (SSSR count). The summed E-state index contributed by atoms with van der Waals surface area (Å²) in [6.45, 7) is 4.47. The number of carbonyl (C=O) groups excluding carboxylic acids is 1. The van der Waals surface area contributed by atoms with Crippen LogP contribution in [0.5, 0.6) is 0 Å². The Balaban J connectivity index is 1.46. The van der Waals surface area contributed by atoms with Crippen molar-refractivity contribution < 1.29 is 28.5 Å². The van der Waals surface area contributed by atoms with Gasteiger partial charge in [-0.25, -0.2) is 0 Å². The second-order valence-corrected chi connectivity index (χ2v) is 6.98. The number of rotatable bonds is 4. The van der Waals surface area contributed by atoms with Gasteiger partial charge < -0.3 is 23.7 Å². The fraction of sp³-hybridized carbons (Fsp3) is 0.611. The number of hydrogen-bond acceptors (Lipinski definition) is 6. The second-order valence-electron chi connectivity index (χ2n) is 6.98. The molecular weight excluding hydrogens is 312 g/mol. The lowest BCUT2D eigenvalue weighted by atomic mass is 9.89. The summed E-state index contributed by atoms with van der Waals surface area (Å²) in [5.41, 5.74) is 0.272. The van der Waals surface area contributed by atoms with Gasteiger partial charge in [0.1, 0.15) is 6.10 Å². The molecule has 24 heavy (non-hydrogen) atoms. The summed E-state index contributed by atoms with van der Waals surface area (Å²) in [6, 6.07) is 9.92. The van der Waals surface area contributed by atoms with Crippen molar-refractivity contribution in [3.8, 4) is 0 Å². The average molecular weight is 334 g/mol. The highest BCUT2D eigenvalue weighted by atomic mass is 16.8. The summed E-state index contributed by atoms with van der Waals surface area (Å²) in [6.07, 6.45) is -0.406. The molecule has 0 aromatic heterocycles. The van der Waals surface area contributed by atoms with Gasteiger partial charge in [0.05, 0.1) is 13.2 Å². The lowest BCUT2D eigenvalue weighted by Crippen LogP contribution is -2.50. The van der Waals surface area contributed by atoms with Crippen LogP contribution in [-0.2, 0) is 35.1 Å². The molecular formula is C18H22O6. The highest BCUT2D eigenvalue weighted by Crippen LogP contribution is 2.49. The molecule has 1 aromatic carbocycles. The van der Waals surface area contributed by atoms with Crippen molar-refractivity contribution >= 4 is 5.97 Å². The summed E-state index contributed by atoms with van der Waals surface area (Å²) in [5.74, 6) is -0.965. The van der Waals surface area contributed by atoms with E-state index in [2.05, 4.69) is 0 Å². The van der Waals surface area contributed by atoms with Gasteiger partial charge in [0.15, 0.2) is 23.8 Å². The molecule has 1 spiro atoms. The molecule has 0 unspecified atom stereocenters. The van der Waals surface area contributed by atoms with Crippen LogP contribution in [0.1, 0.15) is 32.3 Å². The van der Waals surface area contributed by atoms with E-state index in [-0.39, 0.29) is 5.97 Å². The molecule has 0 amide bonds. The molecule has 3 aliphatic rings. The van der Waals surface area contributed by atoms with Crippen LogP contribution in [0.15, 0.2) is 30.3 Å². The molecule has 6 heteroatoms. The van der Waals surface area contributed by atoms with E-state index in [1.54, 1.807) is 0 Å². The van der Waals surface area contributed by atoms with Gasteiger partial charge in [-0.05, 0) is 19.4 Å². The van der Waals surface area contributed by atoms with E-state index in [4.69, 9.17) is 23.7 Å². The molecule has 1 aromatic rings. The molecule has 0 radical (unpaired) electrons. The van der Waals surface area contributed by atoms with Gasteiger partial charge in [-0.3, -0.25) is 4.79 Å². The van der Waals surface area contributed by atoms with E-state index in [1.807, 2.05) is 44.2 Å². The predicted octanol–water partition coefficient (Wildman–Crippen LogP) is 2.16. The van der Waals surface area contributed by atoms with Crippen molar-refractivity contribution in [2.45, 2.75) is 63.2 Å². The zero-order chi connectivity index (χ0) is 16.8. The lowest BCUT2D eigenvalue weighted by molar-refractivity contribution is -0.236. The van der Waals surface area contributed by atoms with Crippen LogP contribution < -0.4 is 0 Å². The van der Waals surface area contributed by atoms with Gasteiger partial charge in [-0.2, -0.15) is 0 Å². The Morgan fingerprint density at radius 3 is 2.71 bits per heavy atom. The quantitative estimate of drug-likeness (QED) is 0.786. The Morgan fingerprint density at radius 2 is 2.00 bits per heavy atom. The number of carbonyl (C=O) groups is 1. The monoisotopic (exact) mass is 334 g/mol. The van der Waals surface area contributed by atoms with Gasteiger partial charge in [-0.1, -0.05) is 30.3 Å². The molecule has 0 aliphatic carbocycles. The average Bonchev–Trinajstić information content (AvgIpc) is 3.15. The first-order valence-electron chi connectivity index (χ1n) is 8.33. The number of hydrogen-bond donors (Lipinski definition) is 0. The first-order chi connectivity index (χ1) is 11.5. The van der Waals surface area contributed by atoms with E-state index in [0.29, 0.717) is 26.1 Å². The summed E-state index contributed by atoms with van der Waals surface area (Å²) < 4.78 is 29.3. The predicted molar refractivity (Wildman–Crippen MR) is 82.9 cm³/mol. The van der Waals surface area contributed by atoms with Gasteiger partial charge in [-0.15, -0.1) is 0 Å². The van der Waals surface area contributed by atoms with E-state index >= 15 is 0 Å². The van der Waals surface area contributed by atoms with Crippen molar-refractivity contribution in [2.75, 3.05) is 6.61 Å². The van der Waals surface area contributed by atoms with Crippen LogP contribution in [0.25, 0.3) is 0 Å². The van der Waals surface area contributed by atoms with Gasteiger partial charge in [0, 0.05) is 12.8 Å². The SMILES string of the molecule is CC1(C)O[C@H]2O[C@H](COCc3ccccc3)[C@]3(CCC(=O)O3)[C@H]2O1. The molecule has 3 heterocycles. The highest BCUT2D eigenvalue weighted by Gasteiger charge is 2.67. The second kappa shape index (κ2) is 5.81. The van der Waals surface area contributed by atoms with Crippen LogP contribution >= 0.6 is 0 Å². The third-order valence-corrected chi connectivity index (χ3v) is 4.79. The molecule has 3 fully saturated rings. The summed E-state index contributed by atoms with van der Waals surface area (Å²) in [5, 5.41) is 0. The summed E-state index contributed by atoms with van der Waals surface area (Å²) in [4.78, 5) is 11.8. The Hall–Kier alpha value is -1.47. The summed E-state index contributed by atoms with van der Waals surface area (Å²) in [7, 11) is 0. The van der Waals surface area contributed by atoms with Crippen molar-refractivity contribution in [3.63, 3.8) is 0 Å². The summed E-state index contributed by atoms with van der Waals surface area (Å²) >= 11 is 0. The van der Waals surface area contributed by atoms with Crippen molar-refractivity contribution in [3.05, 3.63) is 35.9 Å². The maximum Gasteiger partial charge on any atom is 0.306 e. The van der Waals surface area contributed by atoms with E-state index < -0.39 is 29.9 Å². The minimum absolute atomic E-state index is 0.222. The molecule has 0 bridgehead atoms. The minimum atomic E-state index is -0.813. The van der Waals surface area contributed by atoms with Crippen LogP contribution in [-0.4, -0.2) is 42.5 Å². The molecule has 130 valence electrons. The fourth-order valence-corrected chi connectivity index (χ4v) is 3.70. The minimum Gasteiger partial charge on any atom is -0.453 e. The first-order valence-corrected chi connectivity index (χ1v) is 8.33. The molecule has 3 saturated heterocycles. The zero-order valence-corrected chi connectivity index (χ0v) is 13.9. The molecule has 4 atom stereocenters. The largest absolute Gasteiger partial charge is 0.453 e. The lowest BCUT2D eigenvalue weighted by Gasteiger charge is -2.33. The highest BCUT2D eigenvalue weighted by molar-refractivity contribution is 5.72. The van der Waals surface area contributed by atoms with Crippen LogP contribution in [0.4, 0.5) is 0 Å². The normalized spacial score (nSPS) is 36.9. The number of fused-ring (bicyclic) bond motifs is 2. The third-order valence-electron chi connectivity index (χ3n) is 4.79. The maximum atomic E-state index is 11.8. The van der Waals surface area contributed by atoms with Gasteiger partial charge in [0.25, 0.3) is 0 Å². The molecule has 3 aliphatic heterocycles. The zero-order valence-electron chi connectivity index (χ0n) is 13.9. The van der Waals surface area contributed by atoms with Crippen LogP contribution in [0.2, 0.25) is 0 Å². The van der Waals surface area contributed by atoms with Crippen LogP contribution in [0.3, 0.4) is 0 Å². The third kappa shape index (κ3) is 2.73. The fourth-order valence-electron chi connectivity index (χ4n) is 3.70. The van der Waals surface area contributed by atoms with Crippen molar-refractivity contribution in [2.24, 2.45) is 0 Å². The molecule has 0 saturated carbocycles. The first kappa shape index (κ1) is 16.0. The van der Waals surface area contributed by atoms with Gasteiger partial charge in [0.2, 0.25) is 0 Å². The molecule has 6 nitrogen and oxygen atoms in total. The number of benzene rings is 1. The number of ether oxygens (including phenoxy) is 5. The van der Waals surface area contributed by atoms with E-state index in [9.17, 15) is 4.79 Å². The molecule has 0 N–H and O–H groups in total. The van der Waals surface area contributed by atoms with Crippen LogP contribution in [0, 0.1) is 0 Å². The Kier molecular flexibility index (Phi) is 3.88. The standard InChI is InChI=1S/C18H22O6/c1-17(2)23-15-16(24-17)21-13(18(15)9-8-14(19)22-18)11-20-10-12-6-4-3-5-7-12/h3-7,13,15-16H,8-11H2,1-2H3/t13-,15+,16-,18-/m1/s1. The Labute approximate surface area is 141 Å². The van der Waals surface area contributed by atoms with Crippen molar-refractivity contribution in [1.82, 2.24) is 0 Å². The van der Waals surface area contributed by atoms with E-state index in [0.717, 1.165) is 5.56 Å². The van der Waals surface area contributed by atoms with E-state index in [1.165, 1.54) is 0 Å². The van der Waals surface area contributed by atoms with Crippen molar-refractivity contribution in [1.29, 1.82) is 0 Å². The Bertz CT molecular complexity index is 615. The van der Waals surface area contributed by atoms with Gasteiger partial charge >= 0.3 is 5.97 Å². The maximum absolute atomic E-state index is 11.8.